The molecule has 133 valence electrons. The van der Waals surface area contributed by atoms with E-state index < -0.39 is 24.9 Å². The molecule has 0 bridgehead atoms. The average molecular weight is 423 g/mol. The van der Waals surface area contributed by atoms with Crippen molar-refractivity contribution in [2.24, 2.45) is 0 Å². The van der Waals surface area contributed by atoms with Crippen LogP contribution >= 0.6 is 15.9 Å². The fraction of sp³-hybridized carbons (Fsp3) is 1.00. The third-order valence-corrected chi connectivity index (χ3v) is 34.3. The molecule has 0 spiro atoms. The highest BCUT2D eigenvalue weighted by Crippen LogP contribution is 2.70. The summed E-state index contributed by atoms with van der Waals surface area (Å²) in [6, 6.07) is 0. The third kappa shape index (κ3) is 3.15. The summed E-state index contributed by atoms with van der Waals surface area (Å²) in [5.74, 6) is 0. The van der Waals surface area contributed by atoms with Crippen molar-refractivity contribution in [3.05, 3.63) is 0 Å². The molecule has 1 unspecified atom stereocenters. The van der Waals surface area contributed by atoms with Crippen LogP contribution in [0.15, 0.2) is 0 Å². The summed E-state index contributed by atoms with van der Waals surface area (Å²) >= 11 is 4.57. The Morgan fingerprint density at radius 1 is 0.636 bits per heavy atom. The van der Waals surface area contributed by atoms with Crippen LogP contribution in [0.1, 0.15) is 62.3 Å². The Labute approximate surface area is 154 Å². The summed E-state index contributed by atoms with van der Waals surface area (Å²) in [5, 5.41) is 1.07. The Kier molecular flexibility index (Phi) is 6.45. The zero-order valence-corrected chi connectivity index (χ0v) is 22.5. The second-order valence-electron chi connectivity index (χ2n) is 11.4. The summed E-state index contributed by atoms with van der Waals surface area (Å²) < 4.78 is 0.395. The van der Waals surface area contributed by atoms with Gasteiger partial charge in [-0.15, -0.1) is 0 Å². The van der Waals surface area contributed by atoms with Crippen molar-refractivity contribution in [2.45, 2.75) is 113 Å². The van der Waals surface area contributed by atoms with E-state index in [4.69, 9.17) is 0 Å². The predicted molar refractivity (Wildman–Crippen MR) is 117 cm³/mol. The van der Waals surface area contributed by atoms with E-state index >= 15 is 0 Å². The first kappa shape index (κ1) is 23.1. The fourth-order valence-electron chi connectivity index (χ4n) is 6.61. The minimum atomic E-state index is -1.83. The minimum Gasteiger partial charge on any atom is -0.0956 e. The first-order valence-electron chi connectivity index (χ1n) is 8.69. The number of rotatable bonds is 3. The van der Waals surface area contributed by atoms with E-state index in [1.807, 2.05) is 0 Å². The first-order chi connectivity index (χ1) is 9.19. The Balaban J connectivity index is 7.22. The largest absolute Gasteiger partial charge is 0.0956 e. The van der Waals surface area contributed by atoms with Crippen molar-refractivity contribution in [1.29, 1.82) is 0 Å². The Morgan fingerprint density at radius 2 is 0.864 bits per heavy atom. The molecule has 0 aromatic carbocycles. The highest BCUT2D eigenvalue weighted by Gasteiger charge is 2.72. The van der Waals surface area contributed by atoms with Crippen molar-refractivity contribution in [3.63, 3.8) is 0 Å². The van der Waals surface area contributed by atoms with Gasteiger partial charge in [-0.05, 0) is 15.1 Å². The SMILES string of the molecule is C[Si](C)C(Br)([Si](C)(C)C)[Si](C(C)(C)C)(C(C)(C)C)C(C)(C)C. The topological polar surface area (TPSA) is 0 Å². The summed E-state index contributed by atoms with van der Waals surface area (Å²) in [6.07, 6.45) is 0. The van der Waals surface area contributed by atoms with Crippen molar-refractivity contribution in [2.75, 3.05) is 0 Å². The van der Waals surface area contributed by atoms with Gasteiger partial charge >= 0.3 is 0 Å². The Hall–Kier alpha value is 1.13. The highest BCUT2D eigenvalue weighted by atomic mass is 79.9. The molecular weight excluding hydrogens is 380 g/mol. The van der Waals surface area contributed by atoms with Gasteiger partial charge in [0.05, 0.1) is 24.9 Å². The molecule has 1 radical (unpaired) electrons. The fourth-order valence-corrected chi connectivity index (χ4v) is 42.1. The molecule has 1 atom stereocenters. The lowest BCUT2D eigenvalue weighted by Crippen LogP contribution is -2.81. The first-order valence-corrected chi connectivity index (χ1v) is 17.5. The molecule has 0 aromatic rings. The van der Waals surface area contributed by atoms with E-state index in [9.17, 15) is 0 Å². The predicted octanol–water partition coefficient (Wildman–Crippen LogP) is 7.68. The normalized spacial score (nSPS) is 18.5. The maximum Gasteiger partial charge on any atom is 0.0815 e. The van der Waals surface area contributed by atoms with Crippen LogP contribution in [0.25, 0.3) is 0 Å². The Morgan fingerprint density at radius 3 is 0.909 bits per heavy atom. The molecule has 0 nitrogen and oxygen atoms in total. The number of alkyl halides is 1. The maximum atomic E-state index is 4.57. The van der Waals surface area contributed by atoms with E-state index in [-0.39, 0.29) is 0 Å². The van der Waals surface area contributed by atoms with Crippen LogP contribution in [0.4, 0.5) is 0 Å². The van der Waals surface area contributed by atoms with Crippen molar-refractivity contribution in [1.82, 2.24) is 0 Å². The zero-order valence-electron chi connectivity index (χ0n) is 17.9. The van der Waals surface area contributed by atoms with E-state index in [1.54, 1.807) is 0 Å². The lowest BCUT2D eigenvalue weighted by atomic mass is 10.2. The van der Waals surface area contributed by atoms with E-state index in [0.29, 0.717) is 18.3 Å². The van der Waals surface area contributed by atoms with Gasteiger partial charge in [0.15, 0.2) is 0 Å². The van der Waals surface area contributed by atoms with Crippen molar-refractivity contribution < 1.29 is 0 Å². The van der Waals surface area contributed by atoms with Gasteiger partial charge in [0.2, 0.25) is 0 Å². The molecule has 0 rings (SSSR count). The number of halogens is 1. The van der Waals surface area contributed by atoms with Crippen LogP contribution in [-0.4, -0.2) is 28.1 Å². The summed E-state index contributed by atoms with van der Waals surface area (Å²) in [5.41, 5.74) is 0. The van der Waals surface area contributed by atoms with Gasteiger partial charge < -0.3 is 0 Å². The molecule has 0 heterocycles. The molecule has 0 aliphatic rings. The zero-order chi connectivity index (χ0) is 18.6. The quantitative estimate of drug-likeness (QED) is 0.323. The second kappa shape index (κ2) is 6.14. The summed E-state index contributed by atoms with van der Waals surface area (Å²) in [6.45, 7) is 35.8. The molecule has 0 N–H and O–H groups in total. The lowest BCUT2D eigenvalue weighted by Gasteiger charge is -2.70. The van der Waals surface area contributed by atoms with Crippen LogP contribution in [0.3, 0.4) is 0 Å². The molecule has 0 aromatic heterocycles. The minimum absolute atomic E-state index is 0.356. The standard InChI is InChI=1S/C18H42BrSi3/c1-15(2,3)22(16(4,5)6,17(7,8)9)18(19,20(10)11)21(12,13)14/h1-14H3. The lowest BCUT2D eigenvalue weighted by molar-refractivity contribution is 0.527. The van der Waals surface area contributed by atoms with Gasteiger partial charge in [0.25, 0.3) is 0 Å². The van der Waals surface area contributed by atoms with E-state index in [1.165, 1.54) is 0 Å². The molecule has 4 heteroatoms. The van der Waals surface area contributed by atoms with Crippen LogP contribution in [-0.2, 0) is 0 Å². The van der Waals surface area contributed by atoms with Gasteiger partial charge in [-0.1, -0.05) is 111 Å². The van der Waals surface area contributed by atoms with E-state index in [2.05, 4.69) is 111 Å². The second-order valence-corrected chi connectivity index (χ2v) is 31.0. The third-order valence-electron chi connectivity index (χ3n) is 5.61. The molecule has 0 amide bonds. The molecule has 0 fully saturated rings. The number of hydrogen-bond acceptors (Lipinski definition) is 0. The van der Waals surface area contributed by atoms with Crippen molar-refractivity contribution in [3.8, 4) is 0 Å². The van der Waals surface area contributed by atoms with Crippen LogP contribution < -0.4 is 0 Å². The maximum absolute atomic E-state index is 4.57. The molecule has 0 aliphatic heterocycles. The molecule has 0 aliphatic carbocycles. The van der Waals surface area contributed by atoms with E-state index in [0.717, 1.165) is 0 Å². The summed E-state index contributed by atoms with van der Waals surface area (Å²) in [4.78, 5) is 0. The monoisotopic (exact) mass is 421 g/mol. The molecular formula is C18H42BrSi3. The summed E-state index contributed by atoms with van der Waals surface area (Å²) in [7, 11) is -3.74. The smallest absolute Gasteiger partial charge is 0.0815 e. The molecule has 22 heavy (non-hydrogen) atoms. The van der Waals surface area contributed by atoms with Gasteiger partial charge in [0.1, 0.15) is 0 Å². The molecule has 0 saturated carbocycles. The van der Waals surface area contributed by atoms with Crippen LogP contribution in [0.2, 0.25) is 47.8 Å². The van der Waals surface area contributed by atoms with Crippen LogP contribution in [0, 0.1) is 0 Å². The van der Waals surface area contributed by atoms with Gasteiger partial charge in [-0.2, -0.15) is 0 Å². The molecule has 0 saturated heterocycles. The van der Waals surface area contributed by atoms with Crippen LogP contribution in [0.5, 0.6) is 0 Å². The number of hydrogen-bond donors (Lipinski definition) is 0. The van der Waals surface area contributed by atoms with Gasteiger partial charge in [-0.25, -0.2) is 0 Å². The van der Waals surface area contributed by atoms with Gasteiger partial charge in [0, 0.05) is 3.19 Å². The Bertz CT molecular complexity index is 352. The van der Waals surface area contributed by atoms with Gasteiger partial charge in [-0.3, -0.25) is 0 Å². The average Bonchev–Trinajstić information content (AvgIpc) is 2.07. The highest BCUT2D eigenvalue weighted by molar-refractivity contribution is 9.11. The van der Waals surface area contributed by atoms with Crippen molar-refractivity contribution >= 4 is 40.9 Å².